The molecule has 0 aromatic carbocycles. The summed E-state index contributed by atoms with van der Waals surface area (Å²) in [6.07, 6.45) is -4.54. The van der Waals surface area contributed by atoms with Crippen LogP contribution in [-0.2, 0) is 37.3 Å². The summed E-state index contributed by atoms with van der Waals surface area (Å²) in [6, 6.07) is 0. The van der Waals surface area contributed by atoms with Gasteiger partial charge in [0.05, 0.1) is 12.9 Å². The van der Waals surface area contributed by atoms with E-state index in [0.717, 1.165) is 17.2 Å². The Morgan fingerprint density at radius 3 is 1.44 bits per heavy atom. The van der Waals surface area contributed by atoms with Gasteiger partial charge in [-0.3, -0.25) is 18.2 Å². The van der Waals surface area contributed by atoms with E-state index in [4.69, 9.17) is 24.8 Å². The van der Waals surface area contributed by atoms with Crippen LogP contribution >= 0.6 is 15.6 Å². The summed E-state index contributed by atoms with van der Waals surface area (Å²) in [7, 11) is -16.0. The van der Waals surface area contributed by atoms with Gasteiger partial charge in [0.1, 0.15) is 30.2 Å². The summed E-state index contributed by atoms with van der Waals surface area (Å²) in [5.41, 5.74) is 5.85. The number of phosphoric acid groups is 2. The van der Waals surface area contributed by atoms with Gasteiger partial charge in [0.25, 0.3) is 0 Å². The molecule has 0 aliphatic carbocycles. The fourth-order valence-corrected chi connectivity index (χ4v) is 7.46. The highest BCUT2D eigenvalue weighted by molar-refractivity contribution is 7.85. The van der Waals surface area contributed by atoms with E-state index < -0.39 is 57.2 Å². The minimum atomic E-state index is -5.39. The van der Waals surface area contributed by atoms with Crippen molar-refractivity contribution in [2.24, 2.45) is 0 Å². The maximum absolute atomic E-state index is 11.6. The van der Waals surface area contributed by atoms with Gasteiger partial charge in [-0.2, -0.15) is 8.42 Å². The molecule has 59 heavy (non-hydrogen) atoms. The molecular weight excluding hydrogens is 836 g/mol. The highest BCUT2D eigenvalue weighted by Crippen LogP contribution is 2.48. The largest absolute Gasteiger partial charge is 0.488 e. The molecule has 0 amide bonds. The molecule has 5 atom stereocenters. The molecule has 1 aliphatic heterocycles. The third-order valence-electron chi connectivity index (χ3n) is 9.19. The average Bonchev–Trinajstić information content (AvgIpc) is 3.74. The molecule has 1 saturated heterocycles. The second-order valence-corrected chi connectivity index (χ2v) is 16.3. The monoisotopic (exact) mass is 911 g/mol. The number of nitrogens with zero attached hydrogens (tertiary/aromatic N) is 8. The van der Waals surface area contributed by atoms with Crippen LogP contribution in [0, 0.1) is 0 Å². The van der Waals surface area contributed by atoms with Gasteiger partial charge in [-0.05, 0) is 78.5 Å². The third-order valence-corrected chi connectivity index (χ3v) is 11.7. The maximum Gasteiger partial charge on any atom is 0.488 e. The molecule has 0 bridgehead atoms. The van der Waals surface area contributed by atoms with Crippen molar-refractivity contribution in [2.75, 3.05) is 90.9 Å². The van der Waals surface area contributed by atoms with Crippen LogP contribution < -0.4 is 5.73 Å². The van der Waals surface area contributed by atoms with Crippen LogP contribution in [0.1, 0.15) is 89.3 Å². The SMILES string of the molecule is CCN(CC)CC.CCN(CC)CC.CCN(CC)CC.CCN(CC)CC.Nc1ncnc2c1ncn2[C@@H]1O[C@H](COP(=O)(O)OS(=O)(=O)O)[C@@H](OP(=O)(O)O)[C@H]1O. The number of aliphatic hydroxyl groups excluding tert-OH is 1. The fourth-order valence-electron chi connectivity index (χ4n) is 5.42. The number of nitrogen functional groups attached to an aromatic ring is 1. The highest BCUT2D eigenvalue weighted by atomic mass is 32.3. The van der Waals surface area contributed by atoms with Crippen LogP contribution in [0.25, 0.3) is 11.2 Å². The van der Waals surface area contributed by atoms with Crippen molar-refractivity contribution in [3.05, 3.63) is 12.7 Å². The van der Waals surface area contributed by atoms with Gasteiger partial charge in [-0.25, -0.2) is 24.1 Å². The number of aromatic nitrogens is 4. The van der Waals surface area contributed by atoms with Gasteiger partial charge in [0.15, 0.2) is 17.7 Å². The Balaban J connectivity index is 0. The Bertz CT molecular complexity index is 1510. The fraction of sp³-hybridized carbons (Fsp3) is 0.853. The van der Waals surface area contributed by atoms with Gasteiger partial charge < -0.3 is 49.9 Å². The van der Waals surface area contributed by atoms with Gasteiger partial charge in [-0.15, -0.1) is 3.97 Å². The summed E-state index contributed by atoms with van der Waals surface area (Å²) in [5.74, 6) is -0.0114. The first kappa shape index (κ1) is 59.3. The van der Waals surface area contributed by atoms with Gasteiger partial charge in [-0.1, -0.05) is 83.1 Å². The topological polar surface area (TPSA) is 289 Å². The van der Waals surface area contributed by atoms with Crippen LogP contribution in [0.3, 0.4) is 0 Å². The number of phosphoric ester groups is 2. The molecule has 3 rings (SSSR count). The van der Waals surface area contributed by atoms with Crippen LogP contribution in [0.5, 0.6) is 0 Å². The van der Waals surface area contributed by atoms with Crippen LogP contribution in [0.4, 0.5) is 5.82 Å². The lowest BCUT2D eigenvalue weighted by atomic mass is 10.1. The quantitative estimate of drug-likeness (QED) is 0.0819. The molecule has 25 heteroatoms. The number of ether oxygens (including phenoxy) is 1. The van der Waals surface area contributed by atoms with Crippen molar-refractivity contribution < 1.29 is 59.6 Å². The van der Waals surface area contributed by atoms with Crippen LogP contribution in [0.2, 0.25) is 0 Å². The molecule has 1 unspecified atom stereocenters. The predicted molar refractivity (Wildman–Crippen MR) is 229 cm³/mol. The molecule has 350 valence electrons. The zero-order valence-corrected chi connectivity index (χ0v) is 39.7. The highest BCUT2D eigenvalue weighted by Gasteiger charge is 2.49. The number of anilines is 1. The normalized spacial score (nSPS) is 19.0. The number of fused-ring (bicyclic) bond motifs is 1. The van der Waals surface area contributed by atoms with E-state index in [1.54, 1.807) is 0 Å². The van der Waals surface area contributed by atoms with Crippen molar-refractivity contribution in [1.29, 1.82) is 0 Å². The minimum Gasteiger partial charge on any atom is -0.386 e. The number of nitrogens with two attached hydrogens (primary N) is 1. The molecular formula is C34H75N9O13P2S. The first-order valence-corrected chi connectivity index (χ1v) is 24.5. The van der Waals surface area contributed by atoms with Gasteiger partial charge in [0, 0.05) is 0 Å². The first-order valence-electron chi connectivity index (χ1n) is 20.1. The van der Waals surface area contributed by atoms with E-state index in [-0.39, 0.29) is 17.0 Å². The number of imidazole rings is 1. The summed E-state index contributed by atoms with van der Waals surface area (Å²) in [6.45, 7) is 39.4. The van der Waals surface area contributed by atoms with E-state index in [1.165, 1.54) is 78.5 Å². The van der Waals surface area contributed by atoms with E-state index in [2.05, 4.69) is 131 Å². The number of hydrogen-bond acceptors (Lipinski definition) is 17. The van der Waals surface area contributed by atoms with Crippen molar-refractivity contribution in [1.82, 2.24) is 39.1 Å². The summed E-state index contributed by atoms with van der Waals surface area (Å²) < 4.78 is 71.5. The first-order chi connectivity index (χ1) is 27.6. The molecule has 7 N–H and O–H groups in total. The lowest BCUT2D eigenvalue weighted by Gasteiger charge is -2.21. The summed E-state index contributed by atoms with van der Waals surface area (Å²) >= 11 is 0. The molecule has 2 aromatic rings. The van der Waals surface area contributed by atoms with E-state index >= 15 is 0 Å². The number of aliphatic hydroxyl groups is 1. The predicted octanol–water partition coefficient (Wildman–Crippen LogP) is 3.47. The zero-order chi connectivity index (χ0) is 46.0. The molecule has 0 radical (unpaired) electrons. The van der Waals surface area contributed by atoms with Gasteiger partial charge in [0.2, 0.25) is 0 Å². The zero-order valence-electron chi connectivity index (χ0n) is 37.1. The van der Waals surface area contributed by atoms with Crippen molar-refractivity contribution in [2.45, 2.75) is 108 Å². The Morgan fingerprint density at radius 1 is 0.729 bits per heavy atom. The van der Waals surface area contributed by atoms with E-state index in [0.29, 0.717) is 0 Å². The standard InChI is InChI=1S/C10H15N5O13P2S.4C6H15N/c11-8-5-9(13-2-12-8)15(3-14-5)10-6(16)7(27-29(17,18)19)4(26-10)1-25-30(20,21)28-31(22,23)24;4*1-4-7(5-2)6-3/h2-4,6-7,10,16H,1H2,(H,20,21)(H2,11,12,13)(H2,17,18,19)(H,22,23,24);4*4-6H2,1-3H3/t4-,6-,7-,10-;;;;/m1..../s1. The third kappa shape index (κ3) is 24.5. The number of rotatable bonds is 20. The maximum atomic E-state index is 11.6. The Kier molecular flexibility index (Phi) is 31.3. The minimum absolute atomic E-state index is 0.0114. The van der Waals surface area contributed by atoms with Crippen molar-refractivity contribution in [3.63, 3.8) is 0 Å². The summed E-state index contributed by atoms with van der Waals surface area (Å²) in [5, 5.41) is 10.5. The second kappa shape index (κ2) is 31.1. The Hall–Kier alpha value is -1.76. The molecule has 0 spiro atoms. The van der Waals surface area contributed by atoms with E-state index in [9.17, 15) is 27.5 Å². The van der Waals surface area contributed by atoms with Crippen LogP contribution in [0.15, 0.2) is 12.7 Å². The van der Waals surface area contributed by atoms with Crippen LogP contribution in [-0.4, -0.2) is 175 Å². The lowest BCUT2D eigenvalue weighted by molar-refractivity contribution is -0.0499. The van der Waals surface area contributed by atoms with E-state index in [1.807, 2.05) is 0 Å². The average molecular weight is 912 g/mol. The van der Waals surface area contributed by atoms with Crippen molar-refractivity contribution >= 4 is 43.0 Å². The Morgan fingerprint density at radius 2 is 1.12 bits per heavy atom. The molecule has 1 fully saturated rings. The lowest BCUT2D eigenvalue weighted by Crippen LogP contribution is -2.35. The smallest absolute Gasteiger partial charge is 0.386 e. The molecule has 22 nitrogen and oxygen atoms in total. The molecule has 2 aromatic heterocycles. The Labute approximate surface area is 352 Å². The second-order valence-electron chi connectivity index (χ2n) is 12.4. The van der Waals surface area contributed by atoms with Crippen molar-refractivity contribution in [3.8, 4) is 0 Å². The molecule has 3 heterocycles. The van der Waals surface area contributed by atoms with Gasteiger partial charge >= 0.3 is 26.0 Å². The molecule has 1 aliphatic rings. The molecule has 0 saturated carbocycles. The number of hydrogen-bond donors (Lipinski definition) is 6. The summed E-state index contributed by atoms with van der Waals surface area (Å²) in [4.78, 5) is 48.6.